The number of benzene rings is 1. The van der Waals surface area contributed by atoms with Crippen LogP contribution in [0.4, 0.5) is 11.6 Å². The molecule has 120 valence electrons. The molecule has 0 fully saturated rings. The highest BCUT2D eigenvalue weighted by Gasteiger charge is 2.14. The molecule has 1 N–H and O–H groups in total. The second-order valence-electron chi connectivity index (χ2n) is 5.66. The Morgan fingerprint density at radius 1 is 1.12 bits per heavy atom. The van der Waals surface area contributed by atoms with Crippen molar-refractivity contribution >= 4 is 28.9 Å². The molecule has 0 atom stereocenters. The number of nitrogens with one attached hydrogen (secondary N) is 1. The standard InChI is InChI=1S/C17H16N6O/c1-12-9-11-23(21-12)14-7-5-13(6-8-14)16(24)18-17-20-19-15-4-2-3-10-22(15)17/h2-8,10H,9,11H2,1H3,(H,18,20,24). The molecule has 0 radical (unpaired) electrons. The molecule has 7 heteroatoms. The van der Waals surface area contributed by atoms with Gasteiger partial charge in [0, 0.05) is 30.4 Å². The van der Waals surface area contributed by atoms with E-state index in [0.717, 1.165) is 24.4 Å². The van der Waals surface area contributed by atoms with Gasteiger partial charge in [-0.1, -0.05) is 6.07 Å². The van der Waals surface area contributed by atoms with Gasteiger partial charge in [-0.2, -0.15) is 5.10 Å². The van der Waals surface area contributed by atoms with Gasteiger partial charge in [0.2, 0.25) is 5.95 Å². The predicted octanol–water partition coefficient (Wildman–Crippen LogP) is 2.57. The van der Waals surface area contributed by atoms with Gasteiger partial charge < -0.3 is 0 Å². The normalized spacial score (nSPS) is 14.0. The summed E-state index contributed by atoms with van der Waals surface area (Å²) in [6.07, 6.45) is 2.78. The van der Waals surface area contributed by atoms with Gasteiger partial charge in [-0.3, -0.25) is 19.5 Å². The number of amides is 1. The Balaban J connectivity index is 1.52. The zero-order chi connectivity index (χ0) is 16.5. The molecule has 0 spiro atoms. The minimum atomic E-state index is -0.221. The molecule has 0 bridgehead atoms. The van der Waals surface area contributed by atoms with Crippen molar-refractivity contribution in [2.24, 2.45) is 5.10 Å². The first-order valence-electron chi connectivity index (χ1n) is 7.73. The van der Waals surface area contributed by atoms with Crippen LogP contribution in [0.25, 0.3) is 5.65 Å². The molecule has 0 unspecified atom stereocenters. The van der Waals surface area contributed by atoms with Crippen molar-refractivity contribution in [1.29, 1.82) is 0 Å². The monoisotopic (exact) mass is 320 g/mol. The molecule has 24 heavy (non-hydrogen) atoms. The number of rotatable bonds is 3. The van der Waals surface area contributed by atoms with Crippen LogP contribution in [-0.4, -0.2) is 32.8 Å². The van der Waals surface area contributed by atoms with E-state index in [0.29, 0.717) is 17.2 Å². The molecule has 1 amide bonds. The molecule has 1 aromatic carbocycles. The van der Waals surface area contributed by atoms with Crippen LogP contribution in [-0.2, 0) is 0 Å². The third-order valence-electron chi connectivity index (χ3n) is 3.94. The van der Waals surface area contributed by atoms with Crippen molar-refractivity contribution in [3.8, 4) is 0 Å². The average molecular weight is 320 g/mol. The van der Waals surface area contributed by atoms with Crippen LogP contribution in [0.15, 0.2) is 53.8 Å². The first kappa shape index (κ1) is 14.4. The summed E-state index contributed by atoms with van der Waals surface area (Å²) in [5.74, 6) is 0.181. The van der Waals surface area contributed by atoms with Crippen molar-refractivity contribution in [2.75, 3.05) is 16.9 Å². The number of hydrazone groups is 1. The van der Waals surface area contributed by atoms with Crippen LogP contribution in [0.1, 0.15) is 23.7 Å². The molecule has 0 saturated heterocycles. The SMILES string of the molecule is CC1=NN(c2ccc(C(=O)Nc3nnc4ccccn34)cc2)CC1. The molecule has 0 aliphatic carbocycles. The van der Waals surface area contributed by atoms with Crippen LogP contribution in [0.3, 0.4) is 0 Å². The molecule has 1 aliphatic heterocycles. The first-order valence-corrected chi connectivity index (χ1v) is 7.73. The summed E-state index contributed by atoms with van der Waals surface area (Å²) < 4.78 is 1.73. The van der Waals surface area contributed by atoms with E-state index >= 15 is 0 Å². The maximum absolute atomic E-state index is 12.4. The molecule has 7 nitrogen and oxygen atoms in total. The first-order chi connectivity index (χ1) is 11.7. The molecule has 3 aromatic rings. The summed E-state index contributed by atoms with van der Waals surface area (Å²) in [7, 11) is 0. The van der Waals surface area contributed by atoms with Crippen LogP contribution < -0.4 is 10.3 Å². The molecule has 2 aromatic heterocycles. The van der Waals surface area contributed by atoms with Gasteiger partial charge in [0.25, 0.3) is 5.91 Å². The van der Waals surface area contributed by atoms with Crippen molar-refractivity contribution in [3.63, 3.8) is 0 Å². The van der Waals surface area contributed by atoms with E-state index in [4.69, 9.17) is 0 Å². The van der Waals surface area contributed by atoms with Gasteiger partial charge in [0.1, 0.15) is 0 Å². The lowest BCUT2D eigenvalue weighted by Crippen LogP contribution is -2.15. The van der Waals surface area contributed by atoms with Crippen LogP contribution in [0, 0.1) is 0 Å². The molecular weight excluding hydrogens is 304 g/mol. The van der Waals surface area contributed by atoms with Gasteiger partial charge in [0.15, 0.2) is 5.65 Å². The third-order valence-corrected chi connectivity index (χ3v) is 3.94. The highest BCUT2D eigenvalue weighted by molar-refractivity contribution is 6.03. The van der Waals surface area contributed by atoms with Gasteiger partial charge in [-0.25, -0.2) is 0 Å². The Morgan fingerprint density at radius 3 is 2.71 bits per heavy atom. The molecular formula is C17H16N6O. The molecule has 0 saturated carbocycles. The smallest absolute Gasteiger partial charge is 0.258 e. The number of hydrogen-bond donors (Lipinski definition) is 1. The predicted molar refractivity (Wildman–Crippen MR) is 92.5 cm³/mol. The van der Waals surface area contributed by atoms with E-state index in [1.165, 1.54) is 0 Å². The lowest BCUT2D eigenvalue weighted by atomic mass is 10.2. The van der Waals surface area contributed by atoms with E-state index in [9.17, 15) is 4.79 Å². The second kappa shape index (κ2) is 5.77. The highest BCUT2D eigenvalue weighted by atomic mass is 16.1. The minimum Gasteiger partial charge on any atom is -0.290 e. The molecule has 1 aliphatic rings. The highest BCUT2D eigenvalue weighted by Crippen LogP contribution is 2.20. The number of anilines is 2. The van der Waals surface area contributed by atoms with Crippen molar-refractivity contribution in [1.82, 2.24) is 14.6 Å². The zero-order valence-electron chi connectivity index (χ0n) is 13.2. The summed E-state index contributed by atoms with van der Waals surface area (Å²) in [6, 6.07) is 12.9. The molecule has 3 heterocycles. The number of carbonyl (C=O) groups excluding carboxylic acids is 1. The van der Waals surface area contributed by atoms with E-state index < -0.39 is 0 Å². The van der Waals surface area contributed by atoms with E-state index in [1.54, 1.807) is 16.5 Å². The zero-order valence-corrected chi connectivity index (χ0v) is 13.2. The topological polar surface area (TPSA) is 74.9 Å². The summed E-state index contributed by atoms with van der Waals surface area (Å²) in [4.78, 5) is 12.4. The summed E-state index contributed by atoms with van der Waals surface area (Å²) in [5, 5.41) is 17.2. The maximum Gasteiger partial charge on any atom is 0.258 e. The van der Waals surface area contributed by atoms with Gasteiger partial charge in [0.05, 0.1) is 5.69 Å². The van der Waals surface area contributed by atoms with Crippen LogP contribution in [0.2, 0.25) is 0 Å². The number of nitrogens with zero attached hydrogens (tertiary/aromatic N) is 5. The van der Waals surface area contributed by atoms with Crippen LogP contribution >= 0.6 is 0 Å². The number of aromatic nitrogens is 3. The Kier molecular flexibility index (Phi) is 3.45. The fourth-order valence-corrected chi connectivity index (χ4v) is 2.65. The average Bonchev–Trinajstić information content (AvgIpc) is 3.22. The fraction of sp³-hybridized carbons (Fsp3) is 0.176. The summed E-state index contributed by atoms with van der Waals surface area (Å²) in [6.45, 7) is 2.90. The minimum absolute atomic E-state index is 0.221. The van der Waals surface area contributed by atoms with Gasteiger partial charge >= 0.3 is 0 Å². The van der Waals surface area contributed by atoms with Crippen LogP contribution in [0.5, 0.6) is 0 Å². The number of hydrogen-bond acceptors (Lipinski definition) is 5. The van der Waals surface area contributed by atoms with Crippen molar-refractivity contribution < 1.29 is 4.79 Å². The lowest BCUT2D eigenvalue weighted by Gasteiger charge is -2.13. The number of fused-ring (bicyclic) bond motifs is 1. The summed E-state index contributed by atoms with van der Waals surface area (Å²) >= 11 is 0. The number of pyridine rings is 1. The maximum atomic E-state index is 12.4. The Morgan fingerprint density at radius 2 is 1.96 bits per heavy atom. The van der Waals surface area contributed by atoms with E-state index in [1.807, 2.05) is 48.5 Å². The summed E-state index contributed by atoms with van der Waals surface area (Å²) in [5.41, 5.74) is 3.35. The fourth-order valence-electron chi connectivity index (χ4n) is 2.65. The third kappa shape index (κ3) is 2.60. The van der Waals surface area contributed by atoms with Gasteiger partial charge in [-0.15, -0.1) is 10.2 Å². The lowest BCUT2D eigenvalue weighted by molar-refractivity contribution is 0.102. The second-order valence-corrected chi connectivity index (χ2v) is 5.66. The Labute approximate surface area is 138 Å². The largest absolute Gasteiger partial charge is 0.290 e. The Bertz CT molecular complexity index is 928. The van der Waals surface area contributed by atoms with E-state index in [2.05, 4.69) is 20.6 Å². The van der Waals surface area contributed by atoms with E-state index in [-0.39, 0.29) is 5.91 Å². The van der Waals surface area contributed by atoms with Crippen molar-refractivity contribution in [3.05, 3.63) is 54.2 Å². The molecule has 4 rings (SSSR count). The number of carbonyl (C=O) groups is 1. The Hall–Kier alpha value is -3.22. The van der Waals surface area contributed by atoms with Crippen molar-refractivity contribution in [2.45, 2.75) is 13.3 Å². The van der Waals surface area contributed by atoms with Gasteiger partial charge in [-0.05, 0) is 43.3 Å². The quantitative estimate of drug-likeness (QED) is 0.805.